The first-order chi connectivity index (χ1) is 9.88. The van der Waals surface area contributed by atoms with E-state index >= 15 is 0 Å². The molecule has 0 aliphatic rings. The second-order valence-corrected chi connectivity index (χ2v) is 6.12. The summed E-state index contributed by atoms with van der Waals surface area (Å²) in [6.45, 7) is 7.07. The van der Waals surface area contributed by atoms with Gasteiger partial charge in [0.2, 0.25) is 0 Å². The molecule has 0 atom stereocenters. The average molecular weight is 287 g/mol. The van der Waals surface area contributed by atoms with Crippen LogP contribution in [-0.4, -0.2) is 17.6 Å². The number of hydrogen-bond donors (Lipinski definition) is 1. The fourth-order valence-corrected chi connectivity index (χ4v) is 2.08. The standard InChI is InChI=1S/C17H22FN3/c1-17(2,3)20-11-13-9-10-19-12-16(13)21(4)15-8-6-5-7-14(15)18/h5-10,12,20H,11H2,1-4H3. The lowest BCUT2D eigenvalue weighted by Gasteiger charge is -2.25. The molecule has 0 amide bonds. The van der Waals surface area contributed by atoms with E-state index in [1.807, 2.05) is 24.1 Å². The van der Waals surface area contributed by atoms with Crippen molar-refractivity contribution in [2.45, 2.75) is 32.9 Å². The number of halogens is 1. The number of nitrogens with zero attached hydrogens (tertiary/aromatic N) is 2. The third-order valence-corrected chi connectivity index (χ3v) is 3.27. The van der Waals surface area contributed by atoms with E-state index in [9.17, 15) is 4.39 Å². The number of pyridine rings is 1. The third kappa shape index (κ3) is 4.02. The van der Waals surface area contributed by atoms with Gasteiger partial charge in [0.1, 0.15) is 5.82 Å². The second-order valence-electron chi connectivity index (χ2n) is 6.12. The summed E-state index contributed by atoms with van der Waals surface area (Å²) in [4.78, 5) is 6.01. The van der Waals surface area contributed by atoms with Gasteiger partial charge in [-0.25, -0.2) is 4.39 Å². The van der Waals surface area contributed by atoms with Gasteiger partial charge in [-0.05, 0) is 44.5 Å². The summed E-state index contributed by atoms with van der Waals surface area (Å²) >= 11 is 0. The molecule has 0 radical (unpaired) electrons. The maximum absolute atomic E-state index is 14.0. The number of hydrogen-bond acceptors (Lipinski definition) is 3. The van der Waals surface area contributed by atoms with E-state index in [0.29, 0.717) is 12.2 Å². The highest BCUT2D eigenvalue weighted by atomic mass is 19.1. The quantitative estimate of drug-likeness (QED) is 0.925. The average Bonchev–Trinajstić information content (AvgIpc) is 2.44. The Morgan fingerprint density at radius 3 is 2.52 bits per heavy atom. The Morgan fingerprint density at radius 1 is 1.14 bits per heavy atom. The molecule has 0 saturated carbocycles. The first-order valence-corrected chi connectivity index (χ1v) is 7.04. The summed E-state index contributed by atoms with van der Waals surface area (Å²) in [5, 5.41) is 3.45. The van der Waals surface area contributed by atoms with Crippen molar-refractivity contribution in [2.24, 2.45) is 0 Å². The topological polar surface area (TPSA) is 28.2 Å². The molecule has 0 spiro atoms. The lowest BCUT2D eigenvalue weighted by molar-refractivity contribution is 0.424. The Balaban J connectivity index is 2.29. The number of aromatic nitrogens is 1. The van der Waals surface area contributed by atoms with Gasteiger partial charge in [-0.2, -0.15) is 0 Å². The van der Waals surface area contributed by atoms with E-state index in [0.717, 1.165) is 11.3 Å². The summed E-state index contributed by atoms with van der Waals surface area (Å²) in [7, 11) is 1.86. The minimum atomic E-state index is -0.237. The third-order valence-electron chi connectivity index (χ3n) is 3.27. The van der Waals surface area contributed by atoms with Crippen LogP contribution in [0.25, 0.3) is 0 Å². The van der Waals surface area contributed by atoms with Crippen LogP contribution in [0.2, 0.25) is 0 Å². The van der Waals surface area contributed by atoms with Gasteiger partial charge in [-0.15, -0.1) is 0 Å². The summed E-state index contributed by atoms with van der Waals surface area (Å²) < 4.78 is 14.0. The minimum absolute atomic E-state index is 0.0249. The lowest BCUT2D eigenvalue weighted by Crippen LogP contribution is -2.35. The lowest BCUT2D eigenvalue weighted by atomic mass is 10.1. The molecule has 3 nitrogen and oxygen atoms in total. The molecule has 1 N–H and O–H groups in total. The van der Waals surface area contributed by atoms with Crippen molar-refractivity contribution >= 4 is 11.4 Å². The van der Waals surface area contributed by atoms with E-state index in [1.165, 1.54) is 6.07 Å². The van der Waals surface area contributed by atoms with Gasteiger partial charge in [0.05, 0.1) is 17.6 Å². The first kappa shape index (κ1) is 15.4. The molecular formula is C17H22FN3. The summed E-state index contributed by atoms with van der Waals surface area (Å²) in [6.07, 6.45) is 3.53. The Bertz CT molecular complexity index is 605. The predicted molar refractivity (Wildman–Crippen MR) is 85.3 cm³/mol. The zero-order valence-electron chi connectivity index (χ0n) is 13.0. The normalized spacial score (nSPS) is 11.5. The summed E-state index contributed by atoms with van der Waals surface area (Å²) in [6, 6.07) is 8.72. The van der Waals surface area contributed by atoms with Gasteiger partial charge in [0, 0.05) is 25.3 Å². The number of para-hydroxylation sites is 1. The van der Waals surface area contributed by atoms with E-state index in [1.54, 1.807) is 24.5 Å². The van der Waals surface area contributed by atoms with Crippen LogP contribution in [0, 0.1) is 5.82 Å². The molecule has 0 aliphatic carbocycles. The summed E-state index contributed by atoms with van der Waals surface area (Å²) in [5.74, 6) is -0.237. The van der Waals surface area contributed by atoms with Crippen molar-refractivity contribution in [3.63, 3.8) is 0 Å². The van der Waals surface area contributed by atoms with Gasteiger partial charge >= 0.3 is 0 Å². The largest absolute Gasteiger partial charge is 0.341 e. The fraction of sp³-hybridized carbons (Fsp3) is 0.353. The molecule has 0 bridgehead atoms. The van der Waals surface area contributed by atoms with Gasteiger partial charge in [0.15, 0.2) is 0 Å². The maximum atomic E-state index is 14.0. The van der Waals surface area contributed by atoms with Crippen LogP contribution >= 0.6 is 0 Å². The molecule has 0 saturated heterocycles. The van der Waals surface area contributed by atoms with Crippen molar-refractivity contribution in [1.29, 1.82) is 0 Å². The van der Waals surface area contributed by atoms with Crippen molar-refractivity contribution < 1.29 is 4.39 Å². The number of anilines is 2. The Morgan fingerprint density at radius 2 is 1.86 bits per heavy atom. The van der Waals surface area contributed by atoms with E-state index in [4.69, 9.17) is 0 Å². The van der Waals surface area contributed by atoms with Crippen LogP contribution < -0.4 is 10.2 Å². The zero-order valence-corrected chi connectivity index (χ0v) is 13.0. The molecule has 0 aliphatic heterocycles. The molecule has 2 rings (SSSR count). The first-order valence-electron chi connectivity index (χ1n) is 7.04. The van der Waals surface area contributed by atoms with E-state index < -0.39 is 0 Å². The van der Waals surface area contributed by atoms with Gasteiger partial charge in [-0.3, -0.25) is 4.98 Å². The summed E-state index contributed by atoms with van der Waals surface area (Å²) in [5.41, 5.74) is 2.56. The van der Waals surface area contributed by atoms with Crippen molar-refractivity contribution in [2.75, 3.05) is 11.9 Å². The number of nitrogens with one attached hydrogen (secondary N) is 1. The van der Waals surface area contributed by atoms with Gasteiger partial charge < -0.3 is 10.2 Å². The van der Waals surface area contributed by atoms with E-state index in [-0.39, 0.29) is 11.4 Å². The van der Waals surface area contributed by atoms with Crippen molar-refractivity contribution in [1.82, 2.24) is 10.3 Å². The van der Waals surface area contributed by atoms with Gasteiger partial charge in [0.25, 0.3) is 0 Å². The zero-order chi connectivity index (χ0) is 15.5. The highest BCUT2D eigenvalue weighted by molar-refractivity contribution is 5.65. The Hall–Kier alpha value is -1.94. The molecule has 0 fully saturated rings. The highest BCUT2D eigenvalue weighted by Gasteiger charge is 2.15. The van der Waals surface area contributed by atoms with Crippen LogP contribution in [0.1, 0.15) is 26.3 Å². The number of benzene rings is 1. The Labute approximate surface area is 125 Å². The van der Waals surface area contributed by atoms with Crippen LogP contribution in [0.5, 0.6) is 0 Å². The van der Waals surface area contributed by atoms with Crippen LogP contribution in [0.15, 0.2) is 42.7 Å². The minimum Gasteiger partial charge on any atom is -0.341 e. The molecule has 1 aromatic carbocycles. The molecule has 0 unspecified atom stereocenters. The molecule has 21 heavy (non-hydrogen) atoms. The molecule has 4 heteroatoms. The van der Waals surface area contributed by atoms with E-state index in [2.05, 4.69) is 31.1 Å². The number of rotatable bonds is 4. The van der Waals surface area contributed by atoms with Crippen LogP contribution in [0.4, 0.5) is 15.8 Å². The smallest absolute Gasteiger partial charge is 0.146 e. The van der Waals surface area contributed by atoms with Crippen LogP contribution in [-0.2, 0) is 6.54 Å². The molecular weight excluding hydrogens is 265 g/mol. The predicted octanol–water partition coefficient (Wildman–Crippen LogP) is 3.88. The second kappa shape index (κ2) is 6.22. The molecule has 1 heterocycles. The molecule has 112 valence electrons. The molecule has 1 aromatic heterocycles. The monoisotopic (exact) mass is 287 g/mol. The molecule has 2 aromatic rings. The highest BCUT2D eigenvalue weighted by Crippen LogP contribution is 2.28. The van der Waals surface area contributed by atoms with Crippen LogP contribution in [0.3, 0.4) is 0 Å². The SMILES string of the molecule is CN(c1ccccc1F)c1cnccc1CNC(C)(C)C. The Kier molecular flexibility index (Phi) is 4.58. The van der Waals surface area contributed by atoms with Crippen molar-refractivity contribution in [3.8, 4) is 0 Å². The van der Waals surface area contributed by atoms with Gasteiger partial charge in [-0.1, -0.05) is 12.1 Å². The maximum Gasteiger partial charge on any atom is 0.146 e. The fourth-order valence-electron chi connectivity index (χ4n) is 2.08. The van der Waals surface area contributed by atoms with Crippen molar-refractivity contribution in [3.05, 3.63) is 54.1 Å².